The standard InChI is InChI=1S/C27H32F5N7O2S/c1-14(2)21-24(42-38-37-21)25(41)36-23(16-5-8-26(28,29)9-6-16)18-13-39-19(34-18)11-17(12-33-39)22(15-3-4-15)35-20(40)7-10-27(30,31)32/h11-16,22-23H,3-10H2,1-2H3,(H,35,40)(H,36,41)/t22-,23+/m1/s1. The summed E-state index contributed by atoms with van der Waals surface area (Å²) in [7, 11) is 0. The third-order valence-corrected chi connectivity index (χ3v) is 8.61. The van der Waals surface area contributed by atoms with Crippen LogP contribution in [0.2, 0.25) is 0 Å². The van der Waals surface area contributed by atoms with Crippen LogP contribution in [-0.2, 0) is 4.79 Å². The molecule has 0 aliphatic heterocycles. The molecule has 2 saturated carbocycles. The zero-order valence-corrected chi connectivity index (χ0v) is 23.9. The summed E-state index contributed by atoms with van der Waals surface area (Å²) in [5.41, 5.74) is 2.01. The lowest BCUT2D eigenvalue weighted by molar-refractivity contribution is -0.144. The van der Waals surface area contributed by atoms with Gasteiger partial charge in [-0.15, -0.1) is 5.10 Å². The number of rotatable bonds is 10. The number of aromatic nitrogens is 5. The summed E-state index contributed by atoms with van der Waals surface area (Å²) in [4.78, 5) is 30.7. The number of fused-ring (bicyclic) bond motifs is 1. The Hall–Kier alpha value is -3.23. The number of nitrogens with one attached hydrogen (secondary N) is 2. The Bertz CT molecular complexity index is 1430. The third-order valence-electron chi connectivity index (χ3n) is 7.87. The number of hydrogen-bond acceptors (Lipinski definition) is 7. The quantitative estimate of drug-likeness (QED) is 0.275. The maximum atomic E-state index is 14.0. The fourth-order valence-electron chi connectivity index (χ4n) is 5.40. The highest BCUT2D eigenvalue weighted by atomic mass is 32.1. The van der Waals surface area contributed by atoms with E-state index in [1.54, 1.807) is 12.3 Å². The second-order valence-electron chi connectivity index (χ2n) is 11.5. The van der Waals surface area contributed by atoms with Crippen LogP contribution in [0.25, 0.3) is 5.65 Å². The van der Waals surface area contributed by atoms with E-state index in [1.807, 2.05) is 13.8 Å². The molecule has 3 aromatic rings. The van der Waals surface area contributed by atoms with Gasteiger partial charge < -0.3 is 10.6 Å². The molecule has 42 heavy (non-hydrogen) atoms. The van der Waals surface area contributed by atoms with Crippen molar-refractivity contribution in [2.24, 2.45) is 11.8 Å². The molecule has 15 heteroatoms. The van der Waals surface area contributed by atoms with Crippen LogP contribution in [0.1, 0.15) is 110 Å². The Balaban J connectivity index is 1.40. The van der Waals surface area contributed by atoms with Gasteiger partial charge in [-0.2, -0.15) is 18.3 Å². The number of nitrogens with zero attached hydrogens (tertiary/aromatic N) is 5. The first-order valence-corrected chi connectivity index (χ1v) is 14.8. The SMILES string of the molecule is CC(C)c1nnsc1C(=O)N[C@H](c1cn2ncc([C@H](NC(=O)CCC(F)(F)F)C3CC3)cc2n1)C1CCC(F)(F)CC1. The molecule has 3 aromatic heterocycles. The minimum atomic E-state index is -4.42. The zero-order chi connectivity index (χ0) is 30.2. The van der Waals surface area contributed by atoms with Crippen molar-refractivity contribution in [1.82, 2.24) is 34.8 Å². The van der Waals surface area contributed by atoms with Crippen molar-refractivity contribution in [2.45, 2.75) is 95.3 Å². The summed E-state index contributed by atoms with van der Waals surface area (Å²) in [6, 6.07) is 0.524. The molecule has 2 fully saturated rings. The Morgan fingerprint density at radius 2 is 1.79 bits per heavy atom. The lowest BCUT2D eigenvalue weighted by Gasteiger charge is -2.33. The summed E-state index contributed by atoms with van der Waals surface area (Å²) in [6.45, 7) is 3.79. The fourth-order valence-corrected chi connectivity index (χ4v) is 6.12. The van der Waals surface area contributed by atoms with E-state index in [2.05, 4.69) is 25.3 Å². The predicted octanol–water partition coefficient (Wildman–Crippen LogP) is 5.91. The molecule has 2 amide bonds. The van der Waals surface area contributed by atoms with Crippen molar-refractivity contribution in [2.75, 3.05) is 0 Å². The molecule has 2 N–H and O–H groups in total. The van der Waals surface area contributed by atoms with Gasteiger partial charge in [0.2, 0.25) is 11.8 Å². The number of halogens is 5. The maximum Gasteiger partial charge on any atom is 0.389 e. The minimum absolute atomic E-state index is 0.0393. The van der Waals surface area contributed by atoms with E-state index in [0.717, 1.165) is 24.4 Å². The molecule has 0 spiro atoms. The lowest BCUT2D eigenvalue weighted by atomic mass is 9.81. The molecule has 5 rings (SSSR count). The molecule has 9 nitrogen and oxygen atoms in total. The third kappa shape index (κ3) is 7.21. The highest BCUT2D eigenvalue weighted by Crippen LogP contribution is 2.43. The van der Waals surface area contributed by atoms with Gasteiger partial charge in [0, 0.05) is 19.3 Å². The molecule has 0 unspecified atom stereocenters. The summed E-state index contributed by atoms with van der Waals surface area (Å²) in [6.07, 6.45) is -1.68. The van der Waals surface area contributed by atoms with E-state index in [4.69, 9.17) is 4.98 Å². The molecule has 2 atom stereocenters. The Morgan fingerprint density at radius 1 is 1.10 bits per heavy atom. The Morgan fingerprint density at radius 3 is 2.43 bits per heavy atom. The van der Waals surface area contributed by atoms with Crippen molar-refractivity contribution < 1.29 is 31.5 Å². The first-order chi connectivity index (χ1) is 19.8. The van der Waals surface area contributed by atoms with Crippen molar-refractivity contribution in [3.63, 3.8) is 0 Å². The van der Waals surface area contributed by atoms with Crippen molar-refractivity contribution >= 4 is 29.0 Å². The number of alkyl halides is 5. The summed E-state index contributed by atoms with van der Waals surface area (Å²) in [5, 5.41) is 14.2. The van der Waals surface area contributed by atoms with Crippen LogP contribution in [0.15, 0.2) is 18.5 Å². The molecule has 0 radical (unpaired) electrons. The average Bonchev–Trinajstić information content (AvgIpc) is 3.47. The average molecular weight is 614 g/mol. The van der Waals surface area contributed by atoms with Gasteiger partial charge in [-0.3, -0.25) is 9.59 Å². The molecule has 3 heterocycles. The van der Waals surface area contributed by atoms with Crippen molar-refractivity contribution in [1.29, 1.82) is 0 Å². The zero-order valence-electron chi connectivity index (χ0n) is 23.1. The van der Waals surface area contributed by atoms with Crippen LogP contribution in [0.3, 0.4) is 0 Å². The van der Waals surface area contributed by atoms with E-state index < -0.39 is 48.8 Å². The molecule has 0 bridgehead atoms. The van der Waals surface area contributed by atoms with Crippen LogP contribution in [0, 0.1) is 11.8 Å². The number of imidazole rings is 1. The maximum absolute atomic E-state index is 14.0. The monoisotopic (exact) mass is 613 g/mol. The van der Waals surface area contributed by atoms with Gasteiger partial charge in [0.25, 0.3) is 5.91 Å². The van der Waals surface area contributed by atoms with Gasteiger partial charge in [0.05, 0.1) is 42.3 Å². The number of hydrogen-bond donors (Lipinski definition) is 2. The van der Waals surface area contributed by atoms with E-state index >= 15 is 0 Å². The molecule has 0 aromatic carbocycles. The Kier molecular flexibility index (Phi) is 8.50. The van der Waals surface area contributed by atoms with Crippen LogP contribution >= 0.6 is 11.5 Å². The second-order valence-corrected chi connectivity index (χ2v) is 12.3. The van der Waals surface area contributed by atoms with Gasteiger partial charge in [0.1, 0.15) is 4.88 Å². The molecule has 2 aliphatic rings. The molecule has 2 aliphatic carbocycles. The van der Waals surface area contributed by atoms with Gasteiger partial charge in [-0.25, -0.2) is 18.3 Å². The van der Waals surface area contributed by atoms with Crippen molar-refractivity contribution in [3.05, 3.63) is 40.3 Å². The fraction of sp³-hybridized carbons (Fsp3) is 0.630. The summed E-state index contributed by atoms with van der Waals surface area (Å²) < 4.78 is 71.2. The van der Waals surface area contributed by atoms with E-state index in [0.29, 0.717) is 27.5 Å². The number of amides is 2. The topological polar surface area (TPSA) is 114 Å². The molecular weight excluding hydrogens is 581 g/mol. The first-order valence-electron chi connectivity index (χ1n) is 14.0. The normalized spacial score (nSPS) is 19.1. The van der Waals surface area contributed by atoms with Gasteiger partial charge in [-0.1, -0.05) is 18.3 Å². The van der Waals surface area contributed by atoms with Crippen LogP contribution in [0.5, 0.6) is 0 Å². The highest BCUT2D eigenvalue weighted by Gasteiger charge is 2.40. The molecule has 228 valence electrons. The lowest BCUT2D eigenvalue weighted by Crippen LogP contribution is -2.37. The van der Waals surface area contributed by atoms with Crippen LogP contribution < -0.4 is 10.6 Å². The van der Waals surface area contributed by atoms with Crippen molar-refractivity contribution in [3.8, 4) is 0 Å². The predicted molar refractivity (Wildman–Crippen MR) is 143 cm³/mol. The second kappa shape index (κ2) is 11.8. The van der Waals surface area contributed by atoms with E-state index in [-0.39, 0.29) is 43.4 Å². The Labute approximate surface area is 242 Å². The van der Waals surface area contributed by atoms with Gasteiger partial charge >= 0.3 is 6.18 Å². The largest absolute Gasteiger partial charge is 0.389 e. The highest BCUT2D eigenvalue weighted by molar-refractivity contribution is 7.08. The van der Waals surface area contributed by atoms with Crippen LogP contribution in [0.4, 0.5) is 22.0 Å². The van der Waals surface area contributed by atoms with E-state index in [1.165, 1.54) is 10.7 Å². The first kappa shape index (κ1) is 30.2. The smallest absolute Gasteiger partial charge is 0.349 e. The molecule has 0 saturated heterocycles. The summed E-state index contributed by atoms with van der Waals surface area (Å²) in [5.74, 6) is -4.11. The minimum Gasteiger partial charge on any atom is -0.349 e. The number of carbonyl (C=O) groups excluding carboxylic acids is 2. The van der Waals surface area contributed by atoms with E-state index in [9.17, 15) is 31.5 Å². The number of carbonyl (C=O) groups is 2. The van der Waals surface area contributed by atoms with Crippen LogP contribution in [-0.4, -0.2) is 48.1 Å². The van der Waals surface area contributed by atoms with Gasteiger partial charge in [-0.05, 0) is 66.6 Å². The van der Waals surface area contributed by atoms with Gasteiger partial charge in [0.15, 0.2) is 5.65 Å². The summed E-state index contributed by atoms with van der Waals surface area (Å²) >= 11 is 0.970. The molecular formula is C27H32F5N7O2S.